The highest BCUT2D eigenvalue weighted by Gasteiger charge is 2.19. The number of benzene rings is 2. The quantitative estimate of drug-likeness (QED) is 0.370. The number of fused-ring (bicyclic) bond motifs is 1. The molecule has 0 aliphatic rings. The fraction of sp³-hybridized carbons (Fsp3) is 0.136. The lowest BCUT2D eigenvalue weighted by molar-refractivity contribution is -0.121. The highest BCUT2D eigenvalue weighted by Crippen LogP contribution is 2.19. The molecule has 0 saturated heterocycles. The number of hydrazone groups is 1. The van der Waals surface area contributed by atoms with Gasteiger partial charge in [0.15, 0.2) is 5.58 Å². The lowest BCUT2D eigenvalue weighted by atomic mass is 10.1. The van der Waals surface area contributed by atoms with Crippen LogP contribution in [0.4, 0.5) is 0 Å². The van der Waals surface area contributed by atoms with Crippen LogP contribution >= 0.6 is 11.6 Å². The minimum absolute atomic E-state index is 0.305. The first-order valence-electron chi connectivity index (χ1n) is 9.49. The number of carbonyl (C=O) groups excluding carboxylic acids is 1. The summed E-state index contributed by atoms with van der Waals surface area (Å²) in [5.41, 5.74) is 4.90. The van der Waals surface area contributed by atoms with Crippen LogP contribution in [0.1, 0.15) is 22.5 Å². The van der Waals surface area contributed by atoms with Gasteiger partial charge in [0.2, 0.25) is 0 Å². The Hall–Kier alpha value is -3.78. The number of rotatable bonds is 6. The third-order valence-electron chi connectivity index (χ3n) is 4.62. The lowest BCUT2D eigenvalue weighted by Gasteiger charge is -2.07. The van der Waals surface area contributed by atoms with Gasteiger partial charge >= 0.3 is 0 Å². The van der Waals surface area contributed by atoms with Gasteiger partial charge in [-0.2, -0.15) is 10.2 Å². The molecule has 9 heteroatoms. The minimum atomic E-state index is -0.503. The number of nitrogens with zero attached hydrogens (tertiary/aromatic N) is 4. The normalized spacial score (nSPS) is 11.3. The summed E-state index contributed by atoms with van der Waals surface area (Å²) in [6.07, 6.45) is 1.86. The zero-order valence-corrected chi connectivity index (χ0v) is 17.3. The number of halogens is 1. The van der Waals surface area contributed by atoms with Crippen molar-refractivity contribution in [2.24, 2.45) is 5.10 Å². The Bertz CT molecular complexity index is 1330. The molecular weight excluding hydrogens is 418 g/mol. The zero-order valence-electron chi connectivity index (χ0n) is 16.6. The Morgan fingerprint density at radius 3 is 2.71 bits per heavy atom. The van der Waals surface area contributed by atoms with Crippen molar-refractivity contribution in [2.45, 2.75) is 19.9 Å². The molecule has 2 aromatic carbocycles. The van der Waals surface area contributed by atoms with Crippen LogP contribution in [0.25, 0.3) is 11.0 Å². The monoisotopic (exact) mass is 435 g/mol. The van der Waals surface area contributed by atoms with E-state index < -0.39 is 11.5 Å². The predicted molar refractivity (Wildman–Crippen MR) is 117 cm³/mol. The molecule has 0 unspecified atom stereocenters. The van der Waals surface area contributed by atoms with Crippen LogP contribution in [0, 0.1) is 6.92 Å². The van der Waals surface area contributed by atoms with Gasteiger partial charge in [0, 0.05) is 17.0 Å². The summed E-state index contributed by atoms with van der Waals surface area (Å²) in [6.45, 7) is 1.37. The number of hydrogen-bond acceptors (Lipinski definition) is 6. The van der Waals surface area contributed by atoms with Crippen LogP contribution in [0.3, 0.4) is 0 Å². The molecule has 8 nitrogen and oxygen atoms in total. The molecule has 0 atom stereocenters. The molecule has 0 radical (unpaired) electrons. The second-order valence-corrected chi connectivity index (χ2v) is 7.27. The Morgan fingerprint density at radius 2 is 1.94 bits per heavy atom. The van der Waals surface area contributed by atoms with Gasteiger partial charge in [-0.3, -0.25) is 9.59 Å². The molecule has 0 aliphatic heterocycles. The van der Waals surface area contributed by atoms with E-state index in [0.717, 1.165) is 10.2 Å². The molecule has 0 spiro atoms. The van der Waals surface area contributed by atoms with E-state index in [1.165, 1.54) is 6.21 Å². The first-order valence-corrected chi connectivity index (χ1v) is 9.87. The van der Waals surface area contributed by atoms with Gasteiger partial charge in [0.1, 0.15) is 17.6 Å². The van der Waals surface area contributed by atoms with E-state index in [2.05, 4.69) is 20.8 Å². The predicted octanol–water partition coefficient (Wildman–Crippen LogP) is 3.09. The van der Waals surface area contributed by atoms with Crippen molar-refractivity contribution in [1.82, 2.24) is 20.4 Å². The standard InChI is InChI=1S/C22H18ClN5O3/c1-14-20-21(31-27-14)18(11-15-7-3-2-4-8-15)26-28(22(20)30)13-19(29)25-24-12-16-9-5-6-10-17(16)23/h2-10,12H,11,13H2,1H3,(H,25,29)/b24-12-. The van der Waals surface area contributed by atoms with Crippen molar-refractivity contribution in [3.63, 3.8) is 0 Å². The third kappa shape index (κ3) is 4.54. The van der Waals surface area contributed by atoms with Gasteiger partial charge in [-0.05, 0) is 18.6 Å². The van der Waals surface area contributed by atoms with E-state index in [9.17, 15) is 9.59 Å². The molecule has 1 N–H and O–H groups in total. The Morgan fingerprint density at radius 1 is 1.19 bits per heavy atom. The average Bonchev–Trinajstić information content (AvgIpc) is 3.16. The topological polar surface area (TPSA) is 102 Å². The number of amides is 1. The summed E-state index contributed by atoms with van der Waals surface area (Å²) in [5, 5.41) is 13.0. The van der Waals surface area contributed by atoms with E-state index in [4.69, 9.17) is 16.1 Å². The second-order valence-electron chi connectivity index (χ2n) is 6.86. The SMILES string of the molecule is Cc1noc2c(Cc3ccccc3)nn(CC(=O)N/N=C\c3ccccc3Cl)c(=O)c12. The molecule has 0 fully saturated rings. The molecule has 1 amide bonds. The van der Waals surface area contributed by atoms with Crippen molar-refractivity contribution in [2.75, 3.05) is 0 Å². The molecule has 0 aliphatic carbocycles. The third-order valence-corrected chi connectivity index (χ3v) is 4.96. The van der Waals surface area contributed by atoms with Crippen LogP contribution in [0.5, 0.6) is 0 Å². The van der Waals surface area contributed by atoms with E-state index in [-0.39, 0.29) is 6.54 Å². The molecule has 156 valence electrons. The minimum Gasteiger partial charge on any atom is -0.354 e. The average molecular weight is 436 g/mol. The smallest absolute Gasteiger partial charge is 0.280 e. The number of carbonyl (C=O) groups is 1. The zero-order chi connectivity index (χ0) is 21.8. The van der Waals surface area contributed by atoms with E-state index in [1.807, 2.05) is 36.4 Å². The highest BCUT2D eigenvalue weighted by atomic mass is 35.5. The molecule has 0 bridgehead atoms. The maximum atomic E-state index is 12.9. The molecule has 0 saturated carbocycles. The van der Waals surface area contributed by atoms with Gasteiger partial charge in [-0.1, -0.05) is 65.3 Å². The van der Waals surface area contributed by atoms with Gasteiger partial charge in [-0.25, -0.2) is 10.1 Å². The van der Waals surface area contributed by atoms with E-state index >= 15 is 0 Å². The summed E-state index contributed by atoms with van der Waals surface area (Å²) < 4.78 is 6.46. The largest absolute Gasteiger partial charge is 0.354 e. The Kier molecular flexibility index (Phi) is 5.90. The fourth-order valence-corrected chi connectivity index (χ4v) is 3.31. The van der Waals surface area contributed by atoms with E-state index in [0.29, 0.717) is 39.4 Å². The van der Waals surface area contributed by atoms with E-state index in [1.54, 1.807) is 25.1 Å². The van der Waals surface area contributed by atoms with Crippen LogP contribution < -0.4 is 11.0 Å². The molecule has 4 aromatic rings. The molecule has 2 heterocycles. The van der Waals surface area contributed by atoms with Crippen LogP contribution in [0.2, 0.25) is 5.02 Å². The molecule has 2 aromatic heterocycles. The molecule has 4 rings (SSSR count). The van der Waals surface area contributed by atoms with Crippen LogP contribution in [-0.2, 0) is 17.8 Å². The summed E-state index contributed by atoms with van der Waals surface area (Å²) in [7, 11) is 0. The van der Waals surface area contributed by atoms with Crippen molar-refractivity contribution < 1.29 is 9.32 Å². The lowest BCUT2D eigenvalue weighted by Crippen LogP contribution is -2.32. The molecular formula is C22H18ClN5O3. The number of aromatic nitrogens is 3. The first-order chi connectivity index (χ1) is 15.0. The van der Waals surface area contributed by atoms with Crippen molar-refractivity contribution in [3.05, 3.63) is 92.5 Å². The van der Waals surface area contributed by atoms with Gasteiger partial charge < -0.3 is 4.52 Å². The summed E-state index contributed by atoms with van der Waals surface area (Å²) in [5.74, 6) is -0.503. The van der Waals surface area contributed by atoms with Crippen molar-refractivity contribution in [1.29, 1.82) is 0 Å². The Labute approximate surface area is 182 Å². The van der Waals surface area contributed by atoms with Crippen LogP contribution in [0.15, 0.2) is 69.0 Å². The highest BCUT2D eigenvalue weighted by molar-refractivity contribution is 6.33. The van der Waals surface area contributed by atoms with Crippen molar-refractivity contribution >= 4 is 34.7 Å². The maximum absolute atomic E-state index is 12.9. The Balaban J connectivity index is 1.59. The van der Waals surface area contributed by atoms with Gasteiger partial charge in [0.05, 0.1) is 11.9 Å². The first kappa shape index (κ1) is 20.5. The number of aryl methyl sites for hydroxylation is 1. The summed E-state index contributed by atoms with van der Waals surface area (Å²) >= 11 is 6.06. The molecule has 31 heavy (non-hydrogen) atoms. The number of hydrogen-bond donors (Lipinski definition) is 1. The fourth-order valence-electron chi connectivity index (χ4n) is 3.12. The summed E-state index contributed by atoms with van der Waals surface area (Å²) in [6, 6.07) is 16.7. The number of nitrogens with one attached hydrogen (secondary N) is 1. The van der Waals surface area contributed by atoms with Gasteiger partial charge in [0.25, 0.3) is 11.5 Å². The summed E-state index contributed by atoms with van der Waals surface area (Å²) in [4.78, 5) is 25.2. The van der Waals surface area contributed by atoms with Crippen molar-refractivity contribution in [3.8, 4) is 0 Å². The van der Waals surface area contributed by atoms with Crippen LogP contribution in [-0.4, -0.2) is 27.1 Å². The van der Waals surface area contributed by atoms with Gasteiger partial charge in [-0.15, -0.1) is 0 Å². The maximum Gasteiger partial charge on any atom is 0.280 e. The second kappa shape index (κ2) is 8.93.